The zero-order valence-corrected chi connectivity index (χ0v) is 13.9. The minimum atomic E-state index is -0.439. The van der Waals surface area contributed by atoms with Gasteiger partial charge in [-0.2, -0.15) is 0 Å². The molecule has 2 aliphatic rings. The van der Waals surface area contributed by atoms with Crippen molar-refractivity contribution in [3.8, 4) is 11.1 Å². The molecule has 6 nitrogen and oxygen atoms in total. The molecule has 0 bridgehead atoms. The Labute approximate surface area is 149 Å². The minimum absolute atomic E-state index is 0.0369. The Hall–Kier alpha value is -3.28. The number of non-ortho nitro benzene ring substituents is 1. The van der Waals surface area contributed by atoms with Crippen molar-refractivity contribution in [3.63, 3.8) is 0 Å². The van der Waals surface area contributed by atoms with Gasteiger partial charge in [-0.15, -0.1) is 0 Å². The highest BCUT2D eigenvalue weighted by atomic mass is 16.6. The number of nitrogens with zero attached hydrogens (tertiary/aromatic N) is 2. The molecule has 2 unspecified atom stereocenters. The first-order chi connectivity index (χ1) is 12.6. The second-order valence-electron chi connectivity index (χ2n) is 6.52. The normalized spacial score (nSPS) is 21.8. The van der Waals surface area contributed by atoms with E-state index in [0.717, 1.165) is 11.1 Å². The molecule has 2 atom stereocenters. The van der Waals surface area contributed by atoms with Gasteiger partial charge < -0.3 is 0 Å². The van der Waals surface area contributed by atoms with Gasteiger partial charge in [-0.25, -0.2) is 0 Å². The lowest BCUT2D eigenvalue weighted by Crippen LogP contribution is -2.30. The van der Waals surface area contributed by atoms with Crippen LogP contribution in [0.4, 0.5) is 11.4 Å². The summed E-state index contributed by atoms with van der Waals surface area (Å²) in [5.41, 5.74) is 2.30. The van der Waals surface area contributed by atoms with E-state index in [1.165, 1.54) is 17.0 Å². The van der Waals surface area contributed by atoms with Gasteiger partial charge in [-0.3, -0.25) is 24.6 Å². The monoisotopic (exact) mass is 348 g/mol. The molecule has 2 amide bonds. The van der Waals surface area contributed by atoms with Gasteiger partial charge in [0.2, 0.25) is 11.8 Å². The molecule has 2 aromatic rings. The molecule has 130 valence electrons. The number of amides is 2. The number of benzene rings is 2. The molecule has 0 N–H and O–H groups in total. The molecule has 1 heterocycles. The predicted molar refractivity (Wildman–Crippen MR) is 96.4 cm³/mol. The van der Waals surface area contributed by atoms with Crippen molar-refractivity contribution in [1.29, 1.82) is 0 Å². The Morgan fingerprint density at radius 3 is 1.73 bits per heavy atom. The van der Waals surface area contributed by atoms with Crippen LogP contribution in [0.25, 0.3) is 11.1 Å². The number of anilines is 1. The lowest BCUT2D eigenvalue weighted by molar-refractivity contribution is -0.384. The predicted octanol–water partition coefficient (Wildman–Crippen LogP) is 3.72. The summed E-state index contributed by atoms with van der Waals surface area (Å²) in [5, 5.41) is 10.7. The summed E-state index contributed by atoms with van der Waals surface area (Å²) < 4.78 is 0. The van der Waals surface area contributed by atoms with Crippen LogP contribution in [0.3, 0.4) is 0 Å². The number of fused-ring (bicyclic) bond motifs is 1. The molecule has 1 saturated heterocycles. The van der Waals surface area contributed by atoms with E-state index >= 15 is 0 Å². The van der Waals surface area contributed by atoms with E-state index < -0.39 is 4.92 Å². The molecule has 1 aliphatic heterocycles. The van der Waals surface area contributed by atoms with Crippen molar-refractivity contribution < 1.29 is 14.5 Å². The number of nitro groups is 1. The Bertz CT molecular complexity index is 890. The zero-order chi connectivity index (χ0) is 18.3. The van der Waals surface area contributed by atoms with Crippen LogP contribution in [0.15, 0.2) is 60.7 Å². The second kappa shape index (κ2) is 6.22. The summed E-state index contributed by atoms with van der Waals surface area (Å²) in [5.74, 6) is -0.761. The number of carbonyl (C=O) groups excluding carboxylic acids is 2. The Kier molecular flexibility index (Phi) is 3.88. The number of nitro benzene ring substituents is 1. The Morgan fingerprint density at radius 1 is 0.808 bits per heavy atom. The Balaban J connectivity index is 1.59. The van der Waals surface area contributed by atoms with E-state index in [0.29, 0.717) is 18.5 Å². The SMILES string of the molecule is O=C1C2CC=CCC2C(=O)N1c1ccc(-c2ccc([N+](=O)[O-])cc2)cc1. The van der Waals surface area contributed by atoms with E-state index in [4.69, 9.17) is 0 Å². The van der Waals surface area contributed by atoms with E-state index in [1.54, 1.807) is 24.3 Å². The molecule has 1 aliphatic carbocycles. The van der Waals surface area contributed by atoms with Crippen LogP contribution in [0.1, 0.15) is 12.8 Å². The number of allylic oxidation sites excluding steroid dienone is 2. The summed E-state index contributed by atoms with van der Waals surface area (Å²) in [7, 11) is 0. The molecule has 1 fully saturated rings. The average Bonchev–Trinajstić information content (AvgIpc) is 2.93. The van der Waals surface area contributed by atoms with Crippen LogP contribution in [0.2, 0.25) is 0 Å². The maximum atomic E-state index is 12.6. The van der Waals surface area contributed by atoms with Gasteiger partial charge >= 0.3 is 0 Å². The lowest BCUT2D eigenvalue weighted by atomic mass is 9.85. The molecule has 0 spiro atoms. The van der Waals surface area contributed by atoms with Crippen LogP contribution in [0, 0.1) is 22.0 Å². The third kappa shape index (κ3) is 2.60. The smallest absolute Gasteiger partial charge is 0.269 e. The topological polar surface area (TPSA) is 80.5 Å². The van der Waals surface area contributed by atoms with Gasteiger partial charge in [-0.05, 0) is 48.2 Å². The second-order valence-corrected chi connectivity index (χ2v) is 6.52. The summed E-state index contributed by atoms with van der Waals surface area (Å²) in [6, 6.07) is 13.4. The van der Waals surface area contributed by atoms with Crippen molar-refractivity contribution in [1.82, 2.24) is 0 Å². The third-order valence-electron chi connectivity index (χ3n) is 5.04. The molecule has 26 heavy (non-hydrogen) atoms. The average molecular weight is 348 g/mol. The fourth-order valence-corrected chi connectivity index (χ4v) is 3.63. The fourth-order valence-electron chi connectivity index (χ4n) is 3.63. The summed E-state index contributed by atoms with van der Waals surface area (Å²) in [6.07, 6.45) is 5.17. The van der Waals surface area contributed by atoms with E-state index in [9.17, 15) is 19.7 Å². The van der Waals surface area contributed by atoms with Gasteiger partial charge in [0.05, 0.1) is 22.4 Å². The molecular formula is C20H16N2O4. The van der Waals surface area contributed by atoms with Crippen molar-refractivity contribution in [2.45, 2.75) is 12.8 Å². The van der Waals surface area contributed by atoms with Gasteiger partial charge in [-0.1, -0.05) is 24.3 Å². The standard InChI is InChI=1S/C20H16N2O4/c23-19-17-3-1-2-4-18(17)20(24)21(19)15-9-5-13(6-10-15)14-7-11-16(12-8-14)22(25)26/h1-2,5-12,17-18H,3-4H2. The summed E-state index contributed by atoms with van der Waals surface area (Å²) >= 11 is 0. The first-order valence-corrected chi connectivity index (χ1v) is 8.44. The highest BCUT2D eigenvalue weighted by Crippen LogP contribution is 2.38. The number of imide groups is 1. The van der Waals surface area contributed by atoms with Gasteiger partial charge in [0.15, 0.2) is 0 Å². The number of carbonyl (C=O) groups is 2. The molecule has 2 aromatic carbocycles. The number of hydrogen-bond donors (Lipinski definition) is 0. The highest BCUT2D eigenvalue weighted by Gasteiger charge is 2.47. The lowest BCUT2D eigenvalue weighted by Gasteiger charge is -2.15. The van der Waals surface area contributed by atoms with Crippen molar-refractivity contribution in [2.75, 3.05) is 4.90 Å². The molecule has 4 rings (SSSR count). The zero-order valence-electron chi connectivity index (χ0n) is 13.9. The number of rotatable bonds is 3. The summed E-state index contributed by atoms with van der Waals surface area (Å²) in [4.78, 5) is 36.8. The maximum absolute atomic E-state index is 12.6. The van der Waals surface area contributed by atoms with Crippen LogP contribution >= 0.6 is 0 Å². The minimum Gasteiger partial charge on any atom is -0.274 e. The third-order valence-corrected chi connectivity index (χ3v) is 5.04. The van der Waals surface area contributed by atoms with Crippen LogP contribution in [-0.4, -0.2) is 16.7 Å². The quantitative estimate of drug-likeness (QED) is 0.366. The molecule has 0 radical (unpaired) electrons. The van der Waals surface area contributed by atoms with Crippen molar-refractivity contribution in [3.05, 3.63) is 70.8 Å². The largest absolute Gasteiger partial charge is 0.274 e. The van der Waals surface area contributed by atoms with Crippen LogP contribution in [0.5, 0.6) is 0 Å². The molecule has 6 heteroatoms. The highest BCUT2D eigenvalue weighted by molar-refractivity contribution is 6.22. The first kappa shape index (κ1) is 16.2. The number of hydrogen-bond acceptors (Lipinski definition) is 4. The summed E-state index contributed by atoms with van der Waals surface area (Å²) in [6.45, 7) is 0. The van der Waals surface area contributed by atoms with Crippen molar-refractivity contribution >= 4 is 23.2 Å². The first-order valence-electron chi connectivity index (χ1n) is 8.44. The van der Waals surface area contributed by atoms with Gasteiger partial charge in [0.1, 0.15) is 0 Å². The molecule has 0 aromatic heterocycles. The van der Waals surface area contributed by atoms with E-state index in [1.807, 2.05) is 24.3 Å². The molecule has 0 saturated carbocycles. The van der Waals surface area contributed by atoms with E-state index in [-0.39, 0.29) is 29.3 Å². The van der Waals surface area contributed by atoms with Crippen LogP contribution in [-0.2, 0) is 9.59 Å². The molecular weight excluding hydrogens is 332 g/mol. The van der Waals surface area contributed by atoms with E-state index in [2.05, 4.69) is 0 Å². The fraction of sp³-hybridized carbons (Fsp3) is 0.200. The van der Waals surface area contributed by atoms with Crippen molar-refractivity contribution in [2.24, 2.45) is 11.8 Å². The Morgan fingerprint density at radius 2 is 1.27 bits per heavy atom. The van der Waals surface area contributed by atoms with Gasteiger partial charge in [0.25, 0.3) is 5.69 Å². The van der Waals surface area contributed by atoms with Crippen LogP contribution < -0.4 is 4.90 Å². The van der Waals surface area contributed by atoms with Gasteiger partial charge in [0, 0.05) is 12.1 Å². The maximum Gasteiger partial charge on any atom is 0.269 e.